The highest BCUT2D eigenvalue weighted by Gasteiger charge is 2.42. The molecule has 0 aromatic rings. The number of rotatable bonds is 18. The summed E-state index contributed by atoms with van der Waals surface area (Å²) in [7, 11) is 0. The van der Waals surface area contributed by atoms with Crippen molar-refractivity contribution in [3.05, 3.63) is 0 Å². The fourth-order valence-electron chi connectivity index (χ4n) is 5.81. The lowest BCUT2D eigenvalue weighted by molar-refractivity contribution is -0.146. The van der Waals surface area contributed by atoms with E-state index in [0.717, 1.165) is 0 Å². The maximum atomic E-state index is 13.7. The fraction of sp³-hybridized carbons (Fsp3) is 0.742. The number of amides is 6. The van der Waals surface area contributed by atoms with E-state index in [1.54, 1.807) is 13.8 Å². The van der Waals surface area contributed by atoms with Crippen LogP contribution in [0.2, 0.25) is 0 Å². The van der Waals surface area contributed by atoms with Crippen LogP contribution in [-0.2, 0) is 38.4 Å². The quantitative estimate of drug-likeness (QED) is 0.0754. The topological polar surface area (TPSA) is 258 Å². The van der Waals surface area contributed by atoms with Gasteiger partial charge in [-0.1, -0.05) is 27.7 Å². The van der Waals surface area contributed by atoms with E-state index in [4.69, 9.17) is 10.8 Å². The Morgan fingerprint density at radius 1 is 0.816 bits per heavy atom. The Balaban J connectivity index is 2.02. The lowest BCUT2D eigenvalue weighted by Crippen LogP contribution is -2.59. The Morgan fingerprint density at radius 3 is 1.92 bits per heavy atom. The Morgan fingerprint density at radius 2 is 1.39 bits per heavy atom. The largest absolute Gasteiger partial charge is 0.481 e. The lowest BCUT2D eigenvalue weighted by atomic mass is 10.0. The molecule has 6 amide bonds. The molecule has 6 atom stereocenters. The second-order valence-electron chi connectivity index (χ2n) is 13.2. The Labute approximate surface area is 291 Å². The molecule has 17 nitrogen and oxygen atoms in total. The summed E-state index contributed by atoms with van der Waals surface area (Å²) in [6.07, 6.45) is 1.44. The third kappa shape index (κ3) is 12.2. The van der Waals surface area contributed by atoms with Crippen molar-refractivity contribution in [1.29, 1.82) is 0 Å². The summed E-state index contributed by atoms with van der Waals surface area (Å²) in [5.41, 5.74) is 5.69. The lowest BCUT2D eigenvalue weighted by Gasteiger charge is -2.32. The molecule has 2 rings (SSSR count). The van der Waals surface area contributed by atoms with Gasteiger partial charge in [-0.15, -0.1) is 0 Å². The van der Waals surface area contributed by atoms with E-state index in [1.165, 1.54) is 9.80 Å². The number of nitrogens with one attached hydrogen (secondary N) is 4. The van der Waals surface area contributed by atoms with Gasteiger partial charge < -0.3 is 47.0 Å². The van der Waals surface area contributed by atoms with Gasteiger partial charge in [-0.3, -0.25) is 33.6 Å². The van der Waals surface area contributed by atoms with Gasteiger partial charge in [-0.25, -0.2) is 4.79 Å². The minimum absolute atomic E-state index is 0.0155. The third-order valence-corrected chi connectivity index (χ3v) is 8.87. The number of thiol groups is 1. The molecule has 2 heterocycles. The molecule has 0 radical (unpaired) electrons. The molecule has 18 heteroatoms. The van der Waals surface area contributed by atoms with Gasteiger partial charge in [0.25, 0.3) is 0 Å². The van der Waals surface area contributed by atoms with Gasteiger partial charge in [0, 0.05) is 25.3 Å². The maximum absolute atomic E-state index is 13.7. The number of hydrogen-bond acceptors (Lipinski definition) is 10. The normalized spacial score (nSPS) is 19.9. The van der Waals surface area contributed by atoms with Gasteiger partial charge in [-0.05, 0) is 50.4 Å². The van der Waals surface area contributed by atoms with Crippen molar-refractivity contribution < 1.29 is 48.6 Å². The Kier molecular flexibility index (Phi) is 16.3. The van der Waals surface area contributed by atoms with Gasteiger partial charge in [0.1, 0.15) is 30.2 Å². The molecule has 0 aromatic heterocycles. The smallest absolute Gasteiger partial charge is 0.326 e. The van der Waals surface area contributed by atoms with Crippen LogP contribution in [0.1, 0.15) is 72.6 Å². The number of nitrogens with zero attached hydrogens (tertiary/aromatic N) is 2. The van der Waals surface area contributed by atoms with Crippen molar-refractivity contribution in [2.24, 2.45) is 17.6 Å². The SMILES string of the molecule is CC(C)C[C@H](NC(=O)[C@@H]1CCCN1C(=O)[C@@H](NC(=O)[C@@H]1CCCN1C(=O)CNC(=O)[C@H](CS)NC(=O)[C@@H](N)CCC(=O)O)C(C)C)C(=O)O. The van der Waals surface area contributed by atoms with Crippen molar-refractivity contribution in [2.45, 2.75) is 109 Å². The van der Waals surface area contributed by atoms with Gasteiger partial charge in [0.2, 0.25) is 35.4 Å². The minimum atomic E-state index is -1.16. The van der Waals surface area contributed by atoms with E-state index >= 15 is 0 Å². The van der Waals surface area contributed by atoms with E-state index in [-0.39, 0.29) is 49.9 Å². The minimum Gasteiger partial charge on any atom is -0.481 e. The van der Waals surface area contributed by atoms with E-state index in [1.807, 2.05) is 13.8 Å². The van der Waals surface area contributed by atoms with Crippen LogP contribution >= 0.6 is 12.6 Å². The third-order valence-electron chi connectivity index (χ3n) is 8.50. The first-order valence-electron chi connectivity index (χ1n) is 16.6. The maximum Gasteiger partial charge on any atom is 0.326 e. The number of carboxylic acids is 2. The first-order chi connectivity index (χ1) is 23.0. The zero-order chi connectivity index (χ0) is 37.0. The van der Waals surface area contributed by atoms with E-state index in [9.17, 15) is 43.5 Å². The van der Waals surface area contributed by atoms with E-state index in [2.05, 4.69) is 33.9 Å². The number of carbonyl (C=O) groups excluding carboxylic acids is 6. The van der Waals surface area contributed by atoms with E-state index < -0.39 is 90.2 Å². The number of aliphatic carboxylic acids is 2. The van der Waals surface area contributed by atoms with Crippen molar-refractivity contribution in [2.75, 3.05) is 25.4 Å². The molecule has 2 aliphatic rings. The summed E-state index contributed by atoms with van der Waals surface area (Å²) in [6, 6.07) is -6.25. The highest BCUT2D eigenvalue weighted by atomic mass is 32.1. The number of carbonyl (C=O) groups is 8. The van der Waals surface area contributed by atoms with Crippen molar-refractivity contribution in [1.82, 2.24) is 31.1 Å². The molecule has 0 saturated carbocycles. The van der Waals surface area contributed by atoms with Crippen LogP contribution in [-0.4, -0.2) is 129 Å². The predicted molar refractivity (Wildman–Crippen MR) is 179 cm³/mol. The molecule has 0 aromatic carbocycles. The van der Waals surface area contributed by atoms with Crippen molar-refractivity contribution >= 4 is 60.0 Å². The van der Waals surface area contributed by atoms with Crippen molar-refractivity contribution in [3.8, 4) is 0 Å². The van der Waals surface area contributed by atoms with Gasteiger partial charge in [0.15, 0.2) is 0 Å². The standard InChI is InChI=1S/C31H51N7O10S/c1-16(2)13-19(31(47)48)34-28(44)22-8-6-12-38(22)30(46)25(17(3)4)36-29(45)21-7-5-11-37(21)23(39)14-33-27(43)20(15-49)35-26(42)18(32)9-10-24(40)41/h16-22,25,49H,5-15,32H2,1-4H3,(H,33,43)(H,34,44)(H,35,42)(H,36,45)(H,40,41)(H,47,48)/t18-,19-,20-,21-,22-,25-/m0/s1. The Hall–Kier alpha value is -3.93. The van der Waals surface area contributed by atoms with Crippen LogP contribution < -0.4 is 27.0 Å². The molecule has 2 aliphatic heterocycles. The first kappa shape index (κ1) is 41.2. The predicted octanol–water partition coefficient (Wildman–Crippen LogP) is -1.55. The number of carboxylic acid groups (broad SMARTS) is 2. The van der Waals surface area contributed by atoms with Gasteiger partial charge in [-0.2, -0.15) is 12.6 Å². The second kappa shape index (κ2) is 19.3. The molecule has 0 bridgehead atoms. The van der Waals surface area contributed by atoms with Crippen LogP contribution in [0.15, 0.2) is 0 Å². The average Bonchev–Trinajstić information content (AvgIpc) is 3.73. The van der Waals surface area contributed by atoms with Crippen LogP contribution in [0.5, 0.6) is 0 Å². The summed E-state index contributed by atoms with van der Waals surface area (Å²) < 4.78 is 0. The fourth-order valence-corrected chi connectivity index (χ4v) is 6.07. The second-order valence-corrected chi connectivity index (χ2v) is 13.6. The molecular weight excluding hydrogens is 662 g/mol. The van der Waals surface area contributed by atoms with Gasteiger partial charge in [0.05, 0.1) is 12.6 Å². The van der Waals surface area contributed by atoms with Gasteiger partial charge >= 0.3 is 11.9 Å². The molecule has 8 N–H and O–H groups in total. The summed E-state index contributed by atoms with van der Waals surface area (Å²) >= 11 is 4.07. The highest BCUT2D eigenvalue weighted by molar-refractivity contribution is 7.80. The molecule has 49 heavy (non-hydrogen) atoms. The summed E-state index contributed by atoms with van der Waals surface area (Å²) in [6.45, 7) is 7.15. The van der Waals surface area contributed by atoms with Crippen LogP contribution in [0.3, 0.4) is 0 Å². The summed E-state index contributed by atoms with van der Waals surface area (Å²) in [5, 5.41) is 28.5. The molecule has 0 unspecified atom stereocenters. The van der Waals surface area contributed by atoms with Crippen LogP contribution in [0.25, 0.3) is 0 Å². The first-order valence-corrected chi connectivity index (χ1v) is 17.2. The summed E-state index contributed by atoms with van der Waals surface area (Å²) in [4.78, 5) is 104. The number of likely N-dealkylation sites (tertiary alicyclic amines) is 2. The number of hydrogen-bond donors (Lipinski definition) is 8. The van der Waals surface area contributed by atoms with Crippen molar-refractivity contribution in [3.63, 3.8) is 0 Å². The zero-order valence-electron chi connectivity index (χ0n) is 28.5. The Bertz CT molecular complexity index is 1250. The highest BCUT2D eigenvalue weighted by Crippen LogP contribution is 2.23. The molecule has 2 saturated heterocycles. The molecule has 276 valence electrons. The molecule has 2 fully saturated rings. The van der Waals surface area contributed by atoms with Crippen LogP contribution in [0, 0.1) is 11.8 Å². The molecule has 0 spiro atoms. The summed E-state index contributed by atoms with van der Waals surface area (Å²) in [5.74, 6) is -6.44. The monoisotopic (exact) mass is 713 g/mol. The zero-order valence-corrected chi connectivity index (χ0v) is 29.4. The average molecular weight is 714 g/mol. The van der Waals surface area contributed by atoms with E-state index in [0.29, 0.717) is 25.7 Å². The molecule has 0 aliphatic carbocycles. The molecular formula is C31H51N7O10S. The van der Waals surface area contributed by atoms with Crippen LogP contribution in [0.4, 0.5) is 0 Å². The number of nitrogens with two attached hydrogens (primary N) is 1.